The van der Waals surface area contributed by atoms with Crippen molar-refractivity contribution in [3.8, 4) is 0 Å². The number of rotatable bonds is 2. The first-order valence-electron chi connectivity index (χ1n) is 10.1. The number of hydrogen-bond donors (Lipinski definition) is 1. The van der Waals surface area contributed by atoms with Gasteiger partial charge in [-0.25, -0.2) is 9.18 Å². The van der Waals surface area contributed by atoms with Crippen molar-refractivity contribution in [2.45, 2.75) is 37.3 Å². The van der Waals surface area contributed by atoms with Crippen molar-refractivity contribution in [2.24, 2.45) is 17.6 Å². The molecule has 1 aromatic rings. The fourth-order valence-corrected chi connectivity index (χ4v) is 5.32. The Morgan fingerprint density at radius 2 is 1.89 bits per heavy atom. The lowest BCUT2D eigenvalue weighted by molar-refractivity contribution is -0.136. The normalized spacial score (nSPS) is 28.5. The van der Waals surface area contributed by atoms with Crippen LogP contribution in [0, 0.1) is 17.7 Å². The Bertz CT molecular complexity index is 777. The van der Waals surface area contributed by atoms with Crippen molar-refractivity contribution < 1.29 is 14.0 Å². The van der Waals surface area contributed by atoms with Crippen LogP contribution in [0.15, 0.2) is 24.3 Å². The van der Waals surface area contributed by atoms with E-state index in [9.17, 15) is 14.0 Å². The molecule has 4 rings (SSSR count). The van der Waals surface area contributed by atoms with Gasteiger partial charge >= 0.3 is 6.03 Å². The molecule has 3 aliphatic rings. The van der Waals surface area contributed by atoms with Crippen molar-refractivity contribution in [1.29, 1.82) is 0 Å². The van der Waals surface area contributed by atoms with Crippen molar-refractivity contribution in [2.75, 3.05) is 33.7 Å². The minimum absolute atomic E-state index is 0.0443. The van der Waals surface area contributed by atoms with E-state index in [-0.39, 0.29) is 35.6 Å². The van der Waals surface area contributed by atoms with Gasteiger partial charge in [0.15, 0.2) is 0 Å². The van der Waals surface area contributed by atoms with Crippen LogP contribution in [0.5, 0.6) is 0 Å². The van der Waals surface area contributed by atoms with Crippen LogP contribution in [0.4, 0.5) is 9.18 Å². The molecule has 2 saturated heterocycles. The Morgan fingerprint density at radius 1 is 1.18 bits per heavy atom. The molecule has 2 heterocycles. The molecular weight excluding hydrogens is 359 g/mol. The van der Waals surface area contributed by atoms with Crippen LogP contribution in [0.1, 0.15) is 37.3 Å². The molecule has 1 saturated carbocycles. The first kappa shape index (κ1) is 19.2. The smallest absolute Gasteiger partial charge is 0.320 e. The van der Waals surface area contributed by atoms with Crippen LogP contribution in [0.3, 0.4) is 0 Å². The van der Waals surface area contributed by atoms with Crippen LogP contribution in [-0.2, 0) is 4.79 Å². The number of nitrogens with zero attached hydrogens (tertiary/aromatic N) is 3. The Balaban J connectivity index is 1.60. The second kappa shape index (κ2) is 7.03. The van der Waals surface area contributed by atoms with Gasteiger partial charge in [-0.3, -0.25) is 4.79 Å². The van der Waals surface area contributed by atoms with Crippen molar-refractivity contribution in [3.05, 3.63) is 35.6 Å². The van der Waals surface area contributed by atoms with Crippen molar-refractivity contribution >= 4 is 11.9 Å². The minimum Gasteiger partial charge on any atom is -0.340 e. The van der Waals surface area contributed by atoms with Gasteiger partial charge in [-0.2, -0.15) is 0 Å². The predicted molar refractivity (Wildman–Crippen MR) is 104 cm³/mol. The molecule has 1 aliphatic carbocycles. The summed E-state index contributed by atoms with van der Waals surface area (Å²) in [5.41, 5.74) is 6.46. The molecule has 0 radical (unpaired) electrons. The van der Waals surface area contributed by atoms with E-state index in [0.29, 0.717) is 19.6 Å². The minimum atomic E-state index is -0.730. The maximum Gasteiger partial charge on any atom is 0.320 e. The van der Waals surface area contributed by atoms with Crippen LogP contribution in [-0.4, -0.2) is 65.9 Å². The summed E-state index contributed by atoms with van der Waals surface area (Å²) in [6.07, 6.45) is 3.49. The average molecular weight is 388 g/mol. The number of carbonyl (C=O) groups is 2. The molecule has 0 bridgehead atoms. The van der Waals surface area contributed by atoms with Crippen LogP contribution >= 0.6 is 0 Å². The van der Waals surface area contributed by atoms with Gasteiger partial charge in [-0.15, -0.1) is 0 Å². The predicted octanol–water partition coefficient (Wildman–Crippen LogP) is 2.21. The molecule has 3 amide bonds. The van der Waals surface area contributed by atoms with E-state index in [1.807, 2.05) is 15.9 Å². The summed E-state index contributed by atoms with van der Waals surface area (Å²) in [6.45, 7) is 1.76. The highest BCUT2D eigenvalue weighted by molar-refractivity contribution is 5.87. The fraction of sp³-hybridized carbons (Fsp3) is 0.619. The molecule has 152 valence electrons. The second-order valence-corrected chi connectivity index (χ2v) is 8.83. The fourth-order valence-electron chi connectivity index (χ4n) is 5.32. The van der Waals surface area contributed by atoms with Gasteiger partial charge in [0.2, 0.25) is 5.91 Å². The summed E-state index contributed by atoms with van der Waals surface area (Å²) < 4.78 is 13.9. The van der Waals surface area contributed by atoms with E-state index < -0.39 is 5.54 Å². The maximum absolute atomic E-state index is 13.9. The highest BCUT2D eigenvalue weighted by Crippen LogP contribution is 2.46. The Kier molecular flexibility index (Phi) is 4.81. The zero-order chi connectivity index (χ0) is 20.1. The summed E-state index contributed by atoms with van der Waals surface area (Å²) in [5.74, 6) is 0.0182. The molecule has 1 aromatic carbocycles. The monoisotopic (exact) mass is 388 g/mol. The largest absolute Gasteiger partial charge is 0.340 e. The number of likely N-dealkylation sites (tertiary alicyclic amines) is 2. The molecule has 3 fully saturated rings. The third kappa shape index (κ3) is 3.15. The summed E-state index contributed by atoms with van der Waals surface area (Å²) in [5, 5.41) is 0. The lowest BCUT2D eigenvalue weighted by Gasteiger charge is -2.33. The second-order valence-electron chi connectivity index (χ2n) is 8.83. The van der Waals surface area contributed by atoms with E-state index >= 15 is 0 Å². The molecular formula is C21H29FN4O2. The van der Waals surface area contributed by atoms with Gasteiger partial charge in [0, 0.05) is 45.6 Å². The standard InChI is InChI=1S/C21H29FN4O2/c1-24(2)20(28)26-12-15-11-25(19(27)21(23)8-3-4-9-21)13-17(15)18(26)14-6-5-7-16(22)10-14/h5-7,10,15,17-18H,3-4,8-9,11-13,23H2,1-2H3/t15-,17-,18+/m1/s1. The molecule has 2 aliphatic heterocycles. The van der Waals surface area contributed by atoms with Crippen LogP contribution in [0.2, 0.25) is 0 Å². The Morgan fingerprint density at radius 3 is 2.54 bits per heavy atom. The number of urea groups is 1. The van der Waals surface area contributed by atoms with E-state index in [2.05, 4.69) is 0 Å². The average Bonchev–Trinajstić information content (AvgIpc) is 3.34. The molecule has 7 heteroatoms. The number of nitrogens with two attached hydrogens (primary N) is 1. The Labute approximate surface area is 165 Å². The topological polar surface area (TPSA) is 69.9 Å². The number of fused-ring (bicyclic) bond motifs is 1. The van der Waals surface area contributed by atoms with E-state index in [1.165, 1.54) is 12.1 Å². The number of benzene rings is 1. The molecule has 2 N–H and O–H groups in total. The van der Waals surface area contributed by atoms with Crippen LogP contribution < -0.4 is 5.73 Å². The van der Waals surface area contributed by atoms with Gasteiger partial charge in [0.1, 0.15) is 5.82 Å². The molecule has 3 atom stereocenters. The third-order valence-electron chi connectivity index (χ3n) is 6.69. The third-order valence-corrected chi connectivity index (χ3v) is 6.69. The molecule has 0 unspecified atom stereocenters. The molecule has 6 nitrogen and oxygen atoms in total. The Hall–Kier alpha value is -2.15. The van der Waals surface area contributed by atoms with Crippen LogP contribution in [0.25, 0.3) is 0 Å². The molecule has 0 aromatic heterocycles. The first-order chi connectivity index (χ1) is 13.3. The quantitative estimate of drug-likeness (QED) is 0.845. The first-order valence-corrected chi connectivity index (χ1v) is 10.1. The zero-order valence-corrected chi connectivity index (χ0v) is 16.6. The SMILES string of the molecule is CN(C)C(=O)N1C[C@H]2CN(C(=O)C3(N)CCCC3)C[C@H]2[C@@H]1c1cccc(F)c1. The zero-order valence-electron chi connectivity index (χ0n) is 16.6. The highest BCUT2D eigenvalue weighted by Gasteiger charge is 2.52. The summed E-state index contributed by atoms with van der Waals surface area (Å²) >= 11 is 0. The van der Waals surface area contributed by atoms with E-state index in [0.717, 1.165) is 31.2 Å². The lowest BCUT2D eigenvalue weighted by atomic mass is 9.89. The van der Waals surface area contributed by atoms with Crippen molar-refractivity contribution in [3.63, 3.8) is 0 Å². The summed E-state index contributed by atoms with van der Waals surface area (Å²) in [7, 11) is 3.46. The number of hydrogen-bond acceptors (Lipinski definition) is 3. The van der Waals surface area contributed by atoms with Gasteiger partial charge < -0.3 is 20.4 Å². The van der Waals surface area contributed by atoms with Gasteiger partial charge in [-0.1, -0.05) is 25.0 Å². The number of amides is 3. The van der Waals surface area contributed by atoms with Gasteiger partial charge in [0.05, 0.1) is 11.6 Å². The summed E-state index contributed by atoms with van der Waals surface area (Å²) in [6, 6.07) is 6.17. The highest BCUT2D eigenvalue weighted by atomic mass is 19.1. The summed E-state index contributed by atoms with van der Waals surface area (Å²) in [4.78, 5) is 31.1. The number of halogens is 1. The van der Waals surface area contributed by atoms with Gasteiger partial charge in [0.25, 0.3) is 0 Å². The van der Waals surface area contributed by atoms with E-state index in [4.69, 9.17) is 5.73 Å². The van der Waals surface area contributed by atoms with E-state index in [1.54, 1.807) is 25.1 Å². The van der Waals surface area contributed by atoms with Crippen molar-refractivity contribution in [1.82, 2.24) is 14.7 Å². The number of carbonyl (C=O) groups excluding carboxylic acids is 2. The molecule has 0 spiro atoms. The lowest BCUT2D eigenvalue weighted by Crippen LogP contribution is -2.53. The van der Waals surface area contributed by atoms with Gasteiger partial charge in [-0.05, 0) is 30.5 Å². The maximum atomic E-state index is 13.9. The molecule has 28 heavy (non-hydrogen) atoms.